The van der Waals surface area contributed by atoms with Crippen molar-refractivity contribution in [3.8, 4) is 0 Å². The Morgan fingerprint density at radius 2 is 1.70 bits per heavy atom. The van der Waals surface area contributed by atoms with Crippen LogP contribution in [-0.4, -0.2) is 29.8 Å². The zero-order valence-corrected chi connectivity index (χ0v) is 15.6. The van der Waals surface area contributed by atoms with Crippen molar-refractivity contribution in [1.82, 2.24) is 9.62 Å². The Hall–Kier alpha value is -1.47. The van der Waals surface area contributed by atoms with E-state index in [0.29, 0.717) is 0 Å². The topological polar surface area (TPSA) is 66.5 Å². The van der Waals surface area contributed by atoms with Crippen LogP contribution in [0.15, 0.2) is 29.2 Å². The molecule has 1 aliphatic rings. The van der Waals surface area contributed by atoms with Crippen LogP contribution in [0, 0.1) is 5.92 Å². The molecular weight excluding hydrogens is 332 g/mol. The molecule has 1 N–H and O–H groups in total. The minimum absolute atomic E-state index is 0.0615. The first kappa shape index (κ1) is 17.9. The fourth-order valence-corrected chi connectivity index (χ4v) is 4.66. The van der Waals surface area contributed by atoms with E-state index in [4.69, 9.17) is 12.2 Å². The van der Waals surface area contributed by atoms with Gasteiger partial charge >= 0.3 is 0 Å². The molecular formula is C16H22N2O3S2. The predicted molar refractivity (Wildman–Crippen MR) is 93.5 cm³/mol. The highest BCUT2D eigenvalue weighted by atomic mass is 32.2. The maximum absolute atomic E-state index is 12.9. The minimum atomic E-state index is -3.87. The molecule has 0 radical (unpaired) electrons. The number of rotatable bonds is 3. The van der Waals surface area contributed by atoms with Gasteiger partial charge in [0, 0.05) is 0 Å². The molecule has 1 saturated heterocycles. The molecule has 0 bridgehead atoms. The van der Waals surface area contributed by atoms with Crippen LogP contribution in [0.25, 0.3) is 0 Å². The molecule has 1 heterocycles. The molecule has 1 amide bonds. The predicted octanol–water partition coefficient (Wildman–Crippen LogP) is 2.41. The second-order valence-corrected chi connectivity index (χ2v) is 9.26. The van der Waals surface area contributed by atoms with Gasteiger partial charge in [0.25, 0.3) is 10.0 Å². The van der Waals surface area contributed by atoms with Crippen molar-refractivity contribution in [2.24, 2.45) is 5.92 Å². The summed E-state index contributed by atoms with van der Waals surface area (Å²) < 4.78 is 26.9. The Morgan fingerprint density at radius 1 is 1.17 bits per heavy atom. The SMILES string of the molecule is CC(C)[C@@H]1C(=O)NC(=S)N1S(=O)(=O)c1ccc(C(C)(C)C)cc1. The normalized spacial score (nSPS) is 19.4. The number of nitrogens with zero attached hydrogens (tertiary/aromatic N) is 1. The third-order valence-electron chi connectivity index (χ3n) is 3.86. The second kappa shape index (κ2) is 5.87. The third-order valence-corrected chi connectivity index (χ3v) is 6.07. The van der Waals surface area contributed by atoms with Crippen molar-refractivity contribution >= 4 is 33.3 Å². The number of sulfonamides is 1. The van der Waals surface area contributed by atoms with Crippen LogP contribution in [0.1, 0.15) is 40.2 Å². The number of carbonyl (C=O) groups is 1. The molecule has 7 heteroatoms. The van der Waals surface area contributed by atoms with Crippen LogP contribution in [0.4, 0.5) is 0 Å². The molecule has 0 saturated carbocycles. The molecule has 0 aromatic heterocycles. The number of carbonyl (C=O) groups excluding carboxylic acids is 1. The summed E-state index contributed by atoms with van der Waals surface area (Å²) in [4.78, 5) is 12.1. The first-order valence-electron chi connectivity index (χ1n) is 7.46. The maximum Gasteiger partial charge on any atom is 0.266 e. The quantitative estimate of drug-likeness (QED) is 0.847. The van der Waals surface area contributed by atoms with Gasteiger partial charge in [-0.15, -0.1) is 0 Å². The zero-order valence-electron chi connectivity index (χ0n) is 14.0. The Balaban J connectivity index is 2.45. The van der Waals surface area contributed by atoms with E-state index in [-0.39, 0.29) is 27.2 Å². The van der Waals surface area contributed by atoms with Gasteiger partial charge in [0.1, 0.15) is 6.04 Å². The first-order valence-corrected chi connectivity index (χ1v) is 9.31. The molecule has 0 aliphatic carbocycles. The van der Waals surface area contributed by atoms with Gasteiger partial charge in [-0.05, 0) is 41.2 Å². The van der Waals surface area contributed by atoms with Crippen LogP contribution in [0.2, 0.25) is 0 Å². The van der Waals surface area contributed by atoms with E-state index in [2.05, 4.69) is 26.1 Å². The zero-order chi connectivity index (χ0) is 17.6. The van der Waals surface area contributed by atoms with Gasteiger partial charge in [-0.2, -0.15) is 0 Å². The van der Waals surface area contributed by atoms with Crippen LogP contribution >= 0.6 is 12.2 Å². The summed E-state index contributed by atoms with van der Waals surface area (Å²) in [5.41, 5.74) is 0.971. The summed E-state index contributed by atoms with van der Waals surface area (Å²) in [6, 6.07) is 5.92. The van der Waals surface area contributed by atoms with Crippen molar-refractivity contribution in [2.75, 3.05) is 0 Å². The van der Waals surface area contributed by atoms with Gasteiger partial charge < -0.3 is 5.32 Å². The van der Waals surface area contributed by atoms with Crippen LogP contribution in [0.5, 0.6) is 0 Å². The van der Waals surface area contributed by atoms with Crippen LogP contribution < -0.4 is 5.32 Å². The van der Waals surface area contributed by atoms with Gasteiger partial charge in [0.05, 0.1) is 4.90 Å². The summed E-state index contributed by atoms with van der Waals surface area (Å²) >= 11 is 5.06. The van der Waals surface area contributed by atoms with Crippen molar-refractivity contribution in [1.29, 1.82) is 0 Å². The van der Waals surface area contributed by atoms with Gasteiger partial charge in [-0.3, -0.25) is 4.79 Å². The van der Waals surface area contributed by atoms with Gasteiger partial charge in [0.2, 0.25) is 5.91 Å². The largest absolute Gasteiger partial charge is 0.300 e. The highest BCUT2D eigenvalue weighted by molar-refractivity contribution is 7.91. The summed E-state index contributed by atoms with van der Waals surface area (Å²) in [5, 5.41) is 2.39. The highest BCUT2D eigenvalue weighted by Crippen LogP contribution is 2.28. The molecule has 1 fully saturated rings. The van der Waals surface area contributed by atoms with Gasteiger partial charge in [-0.1, -0.05) is 46.8 Å². The number of nitrogens with one attached hydrogen (secondary N) is 1. The summed E-state index contributed by atoms with van der Waals surface area (Å²) in [7, 11) is -3.87. The summed E-state index contributed by atoms with van der Waals surface area (Å²) in [5.74, 6) is -0.557. The molecule has 126 valence electrons. The highest BCUT2D eigenvalue weighted by Gasteiger charge is 2.45. The van der Waals surface area contributed by atoms with Crippen molar-refractivity contribution in [3.63, 3.8) is 0 Å². The lowest BCUT2D eigenvalue weighted by atomic mass is 9.87. The van der Waals surface area contributed by atoms with E-state index in [0.717, 1.165) is 9.87 Å². The number of hydrogen-bond donors (Lipinski definition) is 1. The van der Waals surface area contributed by atoms with E-state index in [1.807, 2.05) is 0 Å². The summed E-state index contributed by atoms with van der Waals surface area (Å²) in [6.07, 6.45) is 0. The van der Waals surface area contributed by atoms with E-state index >= 15 is 0 Å². The van der Waals surface area contributed by atoms with Gasteiger partial charge in [-0.25, -0.2) is 12.7 Å². The average Bonchev–Trinajstić information content (AvgIpc) is 2.73. The fourth-order valence-electron chi connectivity index (χ4n) is 2.54. The van der Waals surface area contributed by atoms with Crippen molar-refractivity contribution in [3.05, 3.63) is 29.8 Å². The molecule has 1 aromatic carbocycles. The van der Waals surface area contributed by atoms with Crippen LogP contribution in [-0.2, 0) is 20.2 Å². The number of hydrogen-bond acceptors (Lipinski definition) is 4. The van der Waals surface area contributed by atoms with Gasteiger partial charge in [0.15, 0.2) is 5.11 Å². The number of benzene rings is 1. The standard InChI is InChI=1S/C16H22N2O3S2/c1-10(2)13-14(19)17-15(22)18(13)23(20,21)12-8-6-11(7-9-12)16(3,4)5/h6-10,13H,1-5H3,(H,17,19,22)/t13-/m1/s1. The number of amides is 1. The molecule has 1 aliphatic heterocycles. The smallest absolute Gasteiger partial charge is 0.266 e. The third kappa shape index (κ3) is 3.26. The van der Waals surface area contributed by atoms with E-state index in [9.17, 15) is 13.2 Å². The molecule has 1 aromatic rings. The maximum atomic E-state index is 12.9. The molecule has 0 unspecified atom stereocenters. The lowest BCUT2D eigenvalue weighted by molar-refractivity contribution is -0.121. The Labute approximate surface area is 143 Å². The lowest BCUT2D eigenvalue weighted by Crippen LogP contribution is -2.43. The average molecular weight is 354 g/mol. The minimum Gasteiger partial charge on any atom is -0.300 e. The molecule has 5 nitrogen and oxygen atoms in total. The molecule has 2 rings (SSSR count). The van der Waals surface area contributed by atoms with E-state index in [1.54, 1.807) is 38.1 Å². The molecule has 0 spiro atoms. The first-order chi connectivity index (χ1) is 10.5. The van der Waals surface area contributed by atoms with Crippen LogP contribution in [0.3, 0.4) is 0 Å². The second-order valence-electron chi connectivity index (χ2n) is 7.06. The van der Waals surface area contributed by atoms with E-state index in [1.165, 1.54) is 0 Å². The van der Waals surface area contributed by atoms with E-state index < -0.39 is 16.1 Å². The summed E-state index contributed by atoms with van der Waals surface area (Å²) in [6.45, 7) is 9.77. The molecule has 1 atom stereocenters. The Kier molecular flexibility index (Phi) is 4.56. The fraction of sp³-hybridized carbons (Fsp3) is 0.500. The van der Waals surface area contributed by atoms with Crippen molar-refractivity contribution < 1.29 is 13.2 Å². The Morgan fingerprint density at radius 3 is 2.13 bits per heavy atom. The van der Waals surface area contributed by atoms with Crippen molar-refractivity contribution in [2.45, 2.75) is 51.0 Å². The Bertz CT molecular complexity index is 732. The number of thiocarbonyl (C=S) groups is 1. The monoisotopic (exact) mass is 354 g/mol. The molecule has 23 heavy (non-hydrogen) atoms. The lowest BCUT2D eigenvalue weighted by Gasteiger charge is -2.26.